The maximum Gasteiger partial charge on any atom is 0.246 e. The van der Waals surface area contributed by atoms with E-state index in [1.54, 1.807) is 0 Å². The van der Waals surface area contributed by atoms with Crippen LogP contribution in [0.5, 0.6) is 0 Å². The van der Waals surface area contributed by atoms with E-state index < -0.39 is 0 Å². The summed E-state index contributed by atoms with van der Waals surface area (Å²) in [6, 6.07) is 0. The van der Waals surface area contributed by atoms with Crippen molar-refractivity contribution < 1.29 is 19.1 Å². The van der Waals surface area contributed by atoms with E-state index in [1.807, 2.05) is 0 Å². The van der Waals surface area contributed by atoms with Gasteiger partial charge in [0.1, 0.15) is 6.61 Å². The van der Waals surface area contributed by atoms with E-state index in [-0.39, 0.29) is 18.4 Å². The first-order valence-electron chi connectivity index (χ1n) is 6.85. The van der Waals surface area contributed by atoms with Crippen molar-refractivity contribution in [3.8, 4) is 0 Å². The summed E-state index contributed by atoms with van der Waals surface area (Å²) in [5.74, 6) is 0.536. The third-order valence-electron chi connectivity index (χ3n) is 3.04. The van der Waals surface area contributed by atoms with Gasteiger partial charge in [0, 0.05) is 20.0 Å². The number of rotatable bonds is 10. The molecule has 0 atom stereocenters. The first kappa shape index (κ1) is 15.9. The van der Waals surface area contributed by atoms with Gasteiger partial charge < -0.3 is 20.1 Å². The molecule has 1 saturated carbocycles. The molecule has 1 aliphatic carbocycles. The summed E-state index contributed by atoms with van der Waals surface area (Å²) < 4.78 is 10.4. The van der Waals surface area contributed by atoms with Gasteiger partial charge in [-0.1, -0.05) is 6.42 Å². The van der Waals surface area contributed by atoms with Crippen molar-refractivity contribution >= 4 is 11.8 Å². The molecule has 0 aliphatic heterocycles. The third kappa shape index (κ3) is 8.56. The molecule has 0 bridgehead atoms. The molecule has 1 rings (SSSR count). The van der Waals surface area contributed by atoms with Crippen LogP contribution in [-0.2, 0) is 19.1 Å². The quantitative estimate of drug-likeness (QED) is 0.552. The second-order valence-electron chi connectivity index (χ2n) is 4.75. The van der Waals surface area contributed by atoms with E-state index in [9.17, 15) is 9.59 Å². The van der Waals surface area contributed by atoms with E-state index >= 15 is 0 Å². The Bertz CT molecular complexity index is 280. The lowest BCUT2D eigenvalue weighted by Gasteiger charge is -2.25. The number of hydrogen-bond acceptors (Lipinski definition) is 4. The van der Waals surface area contributed by atoms with Gasteiger partial charge in [-0.05, 0) is 18.8 Å². The summed E-state index contributed by atoms with van der Waals surface area (Å²) >= 11 is 0. The molecule has 0 spiro atoms. The van der Waals surface area contributed by atoms with Crippen LogP contribution in [0.2, 0.25) is 0 Å². The van der Waals surface area contributed by atoms with Crippen LogP contribution in [0, 0.1) is 5.92 Å². The maximum atomic E-state index is 11.4. The molecule has 0 saturated heterocycles. The smallest absolute Gasteiger partial charge is 0.246 e. The highest BCUT2D eigenvalue weighted by Crippen LogP contribution is 2.24. The van der Waals surface area contributed by atoms with Crippen LogP contribution >= 0.6 is 0 Å². The molecule has 0 radical (unpaired) electrons. The molecule has 6 nitrogen and oxygen atoms in total. The highest BCUT2D eigenvalue weighted by molar-refractivity contribution is 5.77. The van der Waals surface area contributed by atoms with Crippen LogP contribution in [0.3, 0.4) is 0 Å². The number of carbonyl (C=O) groups is 2. The third-order valence-corrected chi connectivity index (χ3v) is 3.04. The van der Waals surface area contributed by atoms with Crippen LogP contribution in [0.25, 0.3) is 0 Å². The number of amides is 2. The van der Waals surface area contributed by atoms with Gasteiger partial charge in [-0.3, -0.25) is 9.59 Å². The highest BCUT2D eigenvalue weighted by atomic mass is 16.5. The van der Waals surface area contributed by atoms with Gasteiger partial charge in [-0.15, -0.1) is 0 Å². The predicted octanol–water partition coefficient (Wildman–Crippen LogP) is 0.0720. The zero-order valence-corrected chi connectivity index (χ0v) is 11.6. The van der Waals surface area contributed by atoms with Gasteiger partial charge >= 0.3 is 0 Å². The van der Waals surface area contributed by atoms with Crippen molar-refractivity contribution in [1.82, 2.24) is 10.6 Å². The number of ether oxygens (including phenoxy) is 2. The molecule has 0 aromatic heterocycles. The summed E-state index contributed by atoms with van der Waals surface area (Å²) in [6.45, 7) is 4.09. The molecule has 0 unspecified atom stereocenters. The lowest BCUT2D eigenvalue weighted by atomic mass is 9.85. The van der Waals surface area contributed by atoms with Crippen molar-refractivity contribution in [3.63, 3.8) is 0 Å². The average molecular weight is 272 g/mol. The average Bonchev–Trinajstić information content (AvgIpc) is 2.30. The SMILES string of the molecule is CC(=O)NCCOCCOCC(=O)NCC1CCC1. The van der Waals surface area contributed by atoms with Gasteiger partial charge in [-0.2, -0.15) is 0 Å². The topological polar surface area (TPSA) is 76.7 Å². The molecule has 2 amide bonds. The molecular weight excluding hydrogens is 248 g/mol. The molecule has 1 fully saturated rings. The zero-order valence-electron chi connectivity index (χ0n) is 11.6. The van der Waals surface area contributed by atoms with Crippen molar-refractivity contribution in [3.05, 3.63) is 0 Å². The largest absolute Gasteiger partial charge is 0.377 e. The first-order chi connectivity index (χ1) is 9.18. The molecule has 0 aromatic rings. The van der Waals surface area contributed by atoms with Gasteiger partial charge in [-0.25, -0.2) is 0 Å². The van der Waals surface area contributed by atoms with Crippen LogP contribution in [0.1, 0.15) is 26.2 Å². The summed E-state index contributed by atoms with van der Waals surface area (Å²) in [4.78, 5) is 21.9. The van der Waals surface area contributed by atoms with Gasteiger partial charge in [0.15, 0.2) is 0 Å². The summed E-state index contributed by atoms with van der Waals surface area (Å²) in [7, 11) is 0. The fraction of sp³-hybridized carbons (Fsp3) is 0.846. The minimum Gasteiger partial charge on any atom is -0.377 e. The van der Waals surface area contributed by atoms with Crippen molar-refractivity contribution in [2.24, 2.45) is 5.92 Å². The van der Waals surface area contributed by atoms with Gasteiger partial charge in [0.05, 0.1) is 19.8 Å². The summed E-state index contributed by atoms with van der Waals surface area (Å²) in [5.41, 5.74) is 0. The highest BCUT2D eigenvalue weighted by Gasteiger charge is 2.17. The minimum atomic E-state index is -0.0667. The Labute approximate surface area is 114 Å². The van der Waals surface area contributed by atoms with Crippen molar-refractivity contribution in [2.45, 2.75) is 26.2 Å². The normalized spacial score (nSPS) is 14.8. The van der Waals surface area contributed by atoms with Crippen LogP contribution < -0.4 is 10.6 Å². The van der Waals surface area contributed by atoms with E-state index in [0.29, 0.717) is 32.3 Å². The minimum absolute atomic E-state index is 0.0647. The molecule has 0 aromatic carbocycles. The Morgan fingerprint density at radius 3 is 2.47 bits per heavy atom. The second-order valence-corrected chi connectivity index (χ2v) is 4.75. The molecule has 110 valence electrons. The Hall–Kier alpha value is -1.14. The number of carbonyl (C=O) groups excluding carboxylic acids is 2. The van der Waals surface area contributed by atoms with E-state index in [4.69, 9.17) is 9.47 Å². The Morgan fingerprint density at radius 1 is 1.11 bits per heavy atom. The van der Waals surface area contributed by atoms with Gasteiger partial charge in [0.25, 0.3) is 0 Å². The fourth-order valence-corrected chi connectivity index (χ4v) is 1.69. The maximum absolute atomic E-state index is 11.4. The zero-order chi connectivity index (χ0) is 13.9. The van der Waals surface area contributed by atoms with Crippen LogP contribution in [0.4, 0.5) is 0 Å². The van der Waals surface area contributed by atoms with Crippen molar-refractivity contribution in [1.29, 1.82) is 0 Å². The molecule has 0 heterocycles. The van der Waals surface area contributed by atoms with Crippen molar-refractivity contribution in [2.75, 3.05) is 39.5 Å². The Balaban J connectivity index is 1.79. The monoisotopic (exact) mass is 272 g/mol. The van der Waals surface area contributed by atoms with E-state index in [0.717, 1.165) is 6.54 Å². The number of nitrogens with one attached hydrogen (secondary N) is 2. The van der Waals surface area contributed by atoms with Crippen LogP contribution in [0.15, 0.2) is 0 Å². The fourth-order valence-electron chi connectivity index (χ4n) is 1.69. The number of hydrogen-bond donors (Lipinski definition) is 2. The standard InChI is InChI=1S/C13H24N2O4/c1-11(16)14-5-6-18-7-8-19-10-13(17)15-9-12-3-2-4-12/h12H,2-10H2,1H3,(H,14,16)(H,15,17). The predicted molar refractivity (Wildman–Crippen MR) is 70.7 cm³/mol. The van der Waals surface area contributed by atoms with Crippen LogP contribution in [-0.4, -0.2) is 51.3 Å². The molecule has 6 heteroatoms. The van der Waals surface area contributed by atoms with E-state index in [1.165, 1.54) is 26.2 Å². The summed E-state index contributed by atoms with van der Waals surface area (Å²) in [6.07, 6.45) is 3.74. The molecule has 1 aliphatic rings. The first-order valence-corrected chi connectivity index (χ1v) is 6.85. The van der Waals surface area contributed by atoms with Gasteiger partial charge in [0.2, 0.25) is 11.8 Å². The lowest BCUT2D eigenvalue weighted by molar-refractivity contribution is -0.126. The summed E-state index contributed by atoms with van der Waals surface area (Å²) in [5, 5.41) is 5.48. The Kier molecular flexibility index (Phi) is 8.16. The van der Waals surface area contributed by atoms with E-state index in [2.05, 4.69) is 10.6 Å². The molecular formula is C13H24N2O4. The second kappa shape index (κ2) is 9.75. The lowest BCUT2D eigenvalue weighted by Crippen LogP contribution is -2.34. The molecule has 2 N–H and O–H groups in total. The Morgan fingerprint density at radius 2 is 1.84 bits per heavy atom. The molecule has 19 heavy (non-hydrogen) atoms.